The third-order valence-electron chi connectivity index (χ3n) is 3.25. The van der Waals surface area contributed by atoms with E-state index in [1.807, 2.05) is 12.3 Å². The van der Waals surface area contributed by atoms with Gasteiger partial charge in [-0.3, -0.25) is 14.8 Å². The van der Waals surface area contributed by atoms with E-state index in [-0.39, 0.29) is 11.9 Å². The van der Waals surface area contributed by atoms with Crippen molar-refractivity contribution in [2.75, 3.05) is 6.54 Å². The van der Waals surface area contributed by atoms with Gasteiger partial charge in [0.25, 0.3) is 0 Å². The average molecular weight is 233 g/mol. The molecular formula is C13H19N3O. The molecule has 92 valence electrons. The molecule has 2 heterocycles. The summed E-state index contributed by atoms with van der Waals surface area (Å²) in [4.78, 5) is 15.8. The van der Waals surface area contributed by atoms with E-state index >= 15 is 0 Å². The first-order valence-electron chi connectivity index (χ1n) is 6.19. The van der Waals surface area contributed by atoms with E-state index in [1.54, 1.807) is 11.2 Å². The fraction of sp³-hybridized carbons (Fsp3) is 0.538. The number of aromatic nitrogens is 1. The van der Waals surface area contributed by atoms with Crippen molar-refractivity contribution >= 4 is 5.91 Å². The summed E-state index contributed by atoms with van der Waals surface area (Å²) in [6, 6.07) is 2.18. The smallest absolute Gasteiger partial charge is 0.236 e. The first kappa shape index (κ1) is 12.0. The molecule has 4 heteroatoms. The quantitative estimate of drug-likeness (QED) is 0.864. The second kappa shape index (κ2) is 5.27. The summed E-state index contributed by atoms with van der Waals surface area (Å²) in [6.45, 7) is 5.01. The monoisotopic (exact) mass is 233 g/mol. The number of hydrazine groups is 1. The molecule has 1 aromatic rings. The number of carbonyl (C=O) groups excluding carboxylic acids is 1. The lowest BCUT2D eigenvalue weighted by molar-refractivity contribution is -0.131. The van der Waals surface area contributed by atoms with Gasteiger partial charge in [-0.1, -0.05) is 6.92 Å². The van der Waals surface area contributed by atoms with Crippen LogP contribution in [-0.4, -0.2) is 22.4 Å². The maximum atomic E-state index is 11.6. The highest BCUT2D eigenvalue weighted by Crippen LogP contribution is 2.21. The van der Waals surface area contributed by atoms with Gasteiger partial charge in [-0.2, -0.15) is 0 Å². The molecule has 1 saturated heterocycles. The minimum absolute atomic E-state index is 0.172. The third-order valence-corrected chi connectivity index (χ3v) is 3.25. The van der Waals surface area contributed by atoms with Crippen molar-refractivity contribution in [2.45, 2.75) is 39.2 Å². The van der Waals surface area contributed by atoms with Gasteiger partial charge in [-0.15, -0.1) is 0 Å². The highest BCUT2D eigenvalue weighted by atomic mass is 16.2. The van der Waals surface area contributed by atoms with E-state index in [0.29, 0.717) is 6.42 Å². The second-order valence-electron chi connectivity index (χ2n) is 4.47. The van der Waals surface area contributed by atoms with Gasteiger partial charge in [0.1, 0.15) is 0 Å². The molecule has 0 aromatic carbocycles. The molecule has 17 heavy (non-hydrogen) atoms. The van der Waals surface area contributed by atoms with Gasteiger partial charge in [0, 0.05) is 25.4 Å². The van der Waals surface area contributed by atoms with E-state index in [4.69, 9.17) is 0 Å². The number of nitrogens with one attached hydrogen (secondary N) is 1. The highest BCUT2D eigenvalue weighted by molar-refractivity contribution is 5.77. The van der Waals surface area contributed by atoms with Gasteiger partial charge in [0.15, 0.2) is 0 Å². The Kier molecular flexibility index (Phi) is 3.74. The predicted octanol–water partition coefficient (Wildman–Crippen LogP) is 1.97. The van der Waals surface area contributed by atoms with Crippen molar-refractivity contribution in [3.63, 3.8) is 0 Å². The van der Waals surface area contributed by atoms with E-state index in [0.717, 1.165) is 19.4 Å². The Morgan fingerprint density at radius 2 is 2.41 bits per heavy atom. The van der Waals surface area contributed by atoms with Crippen LogP contribution in [0.2, 0.25) is 0 Å². The van der Waals surface area contributed by atoms with E-state index in [2.05, 4.69) is 24.3 Å². The van der Waals surface area contributed by atoms with Gasteiger partial charge >= 0.3 is 0 Å². The molecule has 0 aliphatic carbocycles. The number of hydrogen-bond donors (Lipinski definition) is 1. The Bertz CT molecular complexity index is 405. The molecule has 1 aliphatic heterocycles. The lowest BCUT2D eigenvalue weighted by Crippen LogP contribution is -2.41. The van der Waals surface area contributed by atoms with Crippen LogP contribution in [0, 0.1) is 6.92 Å². The van der Waals surface area contributed by atoms with E-state index < -0.39 is 0 Å². The average Bonchev–Trinajstić information content (AvgIpc) is 2.73. The summed E-state index contributed by atoms with van der Waals surface area (Å²) in [7, 11) is 0. The van der Waals surface area contributed by atoms with Gasteiger partial charge in [0.2, 0.25) is 5.91 Å². The molecule has 1 atom stereocenters. The minimum atomic E-state index is 0.172. The number of pyridine rings is 1. The molecule has 1 N–H and O–H groups in total. The summed E-state index contributed by atoms with van der Waals surface area (Å²) in [5.74, 6) is 0.199. The predicted molar refractivity (Wildman–Crippen MR) is 66.1 cm³/mol. The maximum absolute atomic E-state index is 11.6. The zero-order valence-electron chi connectivity index (χ0n) is 10.4. The Hall–Kier alpha value is -1.42. The fourth-order valence-corrected chi connectivity index (χ4v) is 2.19. The number of aryl methyl sites for hydroxylation is 1. The van der Waals surface area contributed by atoms with Crippen LogP contribution in [0.4, 0.5) is 0 Å². The van der Waals surface area contributed by atoms with Crippen molar-refractivity contribution in [1.29, 1.82) is 0 Å². The second-order valence-corrected chi connectivity index (χ2v) is 4.47. The van der Waals surface area contributed by atoms with Crippen LogP contribution < -0.4 is 5.43 Å². The molecule has 0 saturated carbocycles. The molecule has 1 aliphatic rings. The molecule has 1 unspecified atom stereocenters. The van der Waals surface area contributed by atoms with Gasteiger partial charge in [0.05, 0.1) is 6.04 Å². The van der Waals surface area contributed by atoms with Crippen molar-refractivity contribution < 1.29 is 4.79 Å². The van der Waals surface area contributed by atoms with Crippen molar-refractivity contribution in [1.82, 2.24) is 15.4 Å². The van der Waals surface area contributed by atoms with Gasteiger partial charge in [-0.25, -0.2) is 5.43 Å². The normalized spacial score (nSPS) is 17.5. The summed E-state index contributed by atoms with van der Waals surface area (Å²) in [5.41, 5.74) is 5.71. The van der Waals surface area contributed by atoms with Gasteiger partial charge < -0.3 is 0 Å². The lowest BCUT2D eigenvalue weighted by Gasteiger charge is -2.25. The number of amides is 1. The van der Waals surface area contributed by atoms with Crippen molar-refractivity contribution in [3.8, 4) is 0 Å². The number of rotatable bonds is 4. The maximum Gasteiger partial charge on any atom is 0.236 e. The molecule has 0 radical (unpaired) electrons. The van der Waals surface area contributed by atoms with E-state index in [9.17, 15) is 4.79 Å². The molecule has 0 spiro atoms. The number of carbonyl (C=O) groups is 1. The largest absolute Gasteiger partial charge is 0.277 e. The molecule has 1 fully saturated rings. The van der Waals surface area contributed by atoms with Crippen LogP contribution in [0.15, 0.2) is 18.5 Å². The van der Waals surface area contributed by atoms with Crippen LogP contribution in [0.3, 0.4) is 0 Å². The highest BCUT2D eigenvalue weighted by Gasteiger charge is 2.23. The van der Waals surface area contributed by atoms with Crippen LogP contribution in [0.25, 0.3) is 0 Å². The Morgan fingerprint density at radius 3 is 3.00 bits per heavy atom. The summed E-state index contributed by atoms with van der Waals surface area (Å²) in [5, 5.41) is 1.75. The Balaban J connectivity index is 2.11. The SMILES string of the molecule is CCC(NN1CCCC1=O)c1cnccc1C. The zero-order valence-corrected chi connectivity index (χ0v) is 10.4. The lowest BCUT2D eigenvalue weighted by atomic mass is 10.0. The van der Waals surface area contributed by atoms with Crippen LogP contribution >= 0.6 is 0 Å². The van der Waals surface area contributed by atoms with Crippen molar-refractivity contribution in [3.05, 3.63) is 29.6 Å². The van der Waals surface area contributed by atoms with Crippen LogP contribution in [0.1, 0.15) is 43.4 Å². The molecule has 2 rings (SSSR count). The minimum Gasteiger partial charge on any atom is -0.277 e. The summed E-state index contributed by atoms with van der Waals surface area (Å²) < 4.78 is 0. The van der Waals surface area contributed by atoms with Crippen LogP contribution in [-0.2, 0) is 4.79 Å². The molecule has 0 bridgehead atoms. The molecule has 1 amide bonds. The van der Waals surface area contributed by atoms with Gasteiger partial charge in [-0.05, 0) is 37.0 Å². The van der Waals surface area contributed by atoms with Crippen LogP contribution in [0.5, 0.6) is 0 Å². The fourth-order valence-electron chi connectivity index (χ4n) is 2.19. The Morgan fingerprint density at radius 1 is 1.59 bits per heavy atom. The molecule has 4 nitrogen and oxygen atoms in total. The number of hydrogen-bond acceptors (Lipinski definition) is 3. The van der Waals surface area contributed by atoms with Crippen molar-refractivity contribution in [2.24, 2.45) is 0 Å². The zero-order chi connectivity index (χ0) is 12.3. The summed E-state index contributed by atoms with van der Waals surface area (Å²) >= 11 is 0. The topological polar surface area (TPSA) is 45.2 Å². The summed E-state index contributed by atoms with van der Waals surface area (Å²) in [6.07, 6.45) is 6.24. The molecular weight excluding hydrogens is 214 g/mol. The van der Waals surface area contributed by atoms with E-state index in [1.165, 1.54) is 11.1 Å². The standard InChI is InChI=1S/C13H19N3O/c1-3-12(11-9-14-7-6-10(11)2)15-16-8-4-5-13(16)17/h6-7,9,12,15H,3-5,8H2,1-2H3. The first-order chi connectivity index (χ1) is 8.22. The third kappa shape index (κ3) is 2.64. The molecule has 1 aromatic heterocycles. The number of nitrogens with zero attached hydrogens (tertiary/aromatic N) is 2. The Labute approximate surface area is 102 Å². The first-order valence-corrected chi connectivity index (χ1v) is 6.19.